The van der Waals surface area contributed by atoms with Gasteiger partial charge in [-0.05, 0) is 43.2 Å². The fraction of sp³-hybridized carbons (Fsp3) is 0.286. The fourth-order valence-corrected chi connectivity index (χ4v) is 3.14. The van der Waals surface area contributed by atoms with Crippen molar-refractivity contribution in [3.05, 3.63) is 68.8 Å². The molecule has 2 heterocycles. The minimum Gasteiger partial charge on any atom is -0.507 e. The first kappa shape index (κ1) is 19.6. The average Bonchev–Trinajstić information content (AvgIpc) is 2.70. The Bertz CT molecular complexity index is 1070. The second-order valence-corrected chi connectivity index (χ2v) is 6.59. The van der Waals surface area contributed by atoms with Gasteiger partial charge in [0.1, 0.15) is 11.3 Å². The first-order chi connectivity index (χ1) is 13.4. The summed E-state index contributed by atoms with van der Waals surface area (Å²) in [5.41, 5.74) is 2.89. The van der Waals surface area contributed by atoms with Crippen LogP contribution in [0.2, 0.25) is 0 Å². The van der Waals surface area contributed by atoms with Gasteiger partial charge in [0.15, 0.2) is 0 Å². The highest BCUT2D eigenvalue weighted by molar-refractivity contribution is 5.87. The van der Waals surface area contributed by atoms with Crippen LogP contribution >= 0.6 is 0 Å². The normalized spacial score (nSPS) is 11.0. The van der Waals surface area contributed by atoms with Crippen LogP contribution in [0.1, 0.15) is 27.8 Å². The van der Waals surface area contributed by atoms with Gasteiger partial charge in [0.05, 0.1) is 19.1 Å². The van der Waals surface area contributed by atoms with Crippen molar-refractivity contribution < 1.29 is 19.1 Å². The zero-order valence-corrected chi connectivity index (χ0v) is 16.0. The van der Waals surface area contributed by atoms with Gasteiger partial charge in [-0.25, -0.2) is 4.79 Å². The Labute approximate surface area is 162 Å². The molecule has 0 aliphatic rings. The van der Waals surface area contributed by atoms with E-state index >= 15 is 0 Å². The third kappa shape index (κ3) is 3.89. The van der Waals surface area contributed by atoms with Gasteiger partial charge in [-0.1, -0.05) is 0 Å². The largest absolute Gasteiger partial charge is 0.507 e. The molecule has 1 aromatic carbocycles. The number of carbonyl (C=O) groups is 1. The van der Waals surface area contributed by atoms with Crippen molar-refractivity contribution in [2.45, 2.75) is 33.4 Å². The first-order valence-electron chi connectivity index (χ1n) is 8.86. The number of carbonyl (C=O) groups excluding carboxylic acids is 1. The number of hydrogen-bond donors (Lipinski definition) is 2. The molecule has 0 aliphatic heterocycles. The van der Waals surface area contributed by atoms with Gasteiger partial charge < -0.3 is 19.6 Å². The Balaban J connectivity index is 1.96. The van der Waals surface area contributed by atoms with Crippen LogP contribution in [-0.2, 0) is 29.0 Å². The van der Waals surface area contributed by atoms with Gasteiger partial charge in [-0.15, -0.1) is 0 Å². The number of nitrogens with one attached hydrogen (secondary N) is 1. The molecule has 0 atom stereocenters. The fourth-order valence-electron chi connectivity index (χ4n) is 3.14. The summed E-state index contributed by atoms with van der Waals surface area (Å²) >= 11 is 0. The molecule has 0 saturated carbocycles. The molecule has 146 valence electrons. The summed E-state index contributed by atoms with van der Waals surface area (Å²) in [5.74, 6) is -0.428. The second-order valence-electron chi connectivity index (χ2n) is 6.59. The smallest absolute Gasteiger partial charge is 0.340 e. The summed E-state index contributed by atoms with van der Waals surface area (Å²) in [6.07, 6.45) is 3.29. The number of aryl methyl sites for hydroxylation is 2. The Morgan fingerprint density at radius 2 is 1.93 bits per heavy atom. The number of aromatic hydroxyl groups is 1. The average molecular weight is 382 g/mol. The van der Waals surface area contributed by atoms with Crippen LogP contribution in [0.25, 0.3) is 11.0 Å². The number of ether oxygens (including phenoxy) is 1. The highest BCUT2D eigenvalue weighted by atomic mass is 16.5. The summed E-state index contributed by atoms with van der Waals surface area (Å²) in [7, 11) is 1.27. The minimum atomic E-state index is -0.596. The number of benzene rings is 1. The van der Waals surface area contributed by atoms with Gasteiger partial charge in [-0.2, -0.15) is 0 Å². The second kappa shape index (κ2) is 8.22. The molecule has 7 heteroatoms. The molecule has 0 fully saturated rings. The third-order valence-electron chi connectivity index (χ3n) is 4.80. The quantitative estimate of drug-likeness (QED) is 0.499. The summed E-state index contributed by atoms with van der Waals surface area (Å²) < 4.78 is 10.1. The van der Waals surface area contributed by atoms with Crippen molar-refractivity contribution >= 4 is 16.9 Å². The van der Waals surface area contributed by atoms with E-state index in [2.05, 4.69) is 15.0 Å². The molecule has 3 aromatic rings. The van der Waals surface area contributed by atoms with Crippen LogP contribution in [0.5, 0.6) is 5.75 Å². The number of fused-ring (bicyclic) bond motifs is 1. The van der Waals surface area contributed by atoms with Crippen LogP contribution < -0.4 is 10.9 Å². The van der Waals surface area contributed by atoms with Crippen LogP contribution in [0, 0.1) is 13.8 Å². The third-order valence-corrected chi connectivity index (χ3v) is 4.80. The number of phenolic OH excluding ortho intramolecular Hbond substituents is 1. The van der Waals surface area contributed by atoms with Crippen LogP contribution in [-0.4, -0.2) is 23.2 Å². The maximum absolute atomic E-state index is 12.3. The first-order valence-corrected chi connectivity index (χ1v) is 8.86. The van der Waals surface area contributed by atoms with Gasteiger partial charge in [-0.3, -0.25) is 9.78 Å². The Morgan fingerprint density at radius 3 is 2.61 bits per heavy atom. The molecule has 2 N–H and O–H groups in total. The molecular formula is C21H22N2O5. The topological polar surface area (TPSA) is 102 Å². The summed E-state index contributed by atoms with van der Waals surface area (Å²) in [6.45, 7) is 4.51. The summed E-state index contributed by atoms with van der Waals surface area (Å²) in [6, 6.07) is 5.61. The highest BCUT2D eigenvalue weighted by Gasteiger charge is 2.19. The number of phenols is 1. The van der Waals surface area contributed by atoms with E-state index in [-0.39, 0.29) is 17.7 Å². The lowest BCUT2D eigenvalue weighted by atomic mass is 9.98. The maximum atomic E-state index is 12.3. The van der Waals surface area contributed by atoms with E-state index in [0.717, 1.165) is 5.56 Å². The summed E-state index contributed by atoms with van der Waals surface area (Å²) in [5, 5.41) is 14.5. The van der Waals surface area contributed by atoms with E-state index in [9.17, 15) is 14.7 Å². The van der Waals surface area contributed by atoms with E-state index < -0.39 is 11.6 Å². The predicted molar refractivity (Wildman–Crippen MR) is 104 cm³/mol. The zero-order chi connectivity index (χ0) is 20.3. The van der Waals surface area contributed by atoms with Crippen LogP contribution in [0.4, 0.5) is 0 Å². The van der Waals surface area contributed by atoms with Crippen LogP contribution in [0.3, 0.4) is 0 Å². The molecular weight excluding hydrogens is 360 g/mol. The maximum Gasteiger partial charge on any atom is 0.340 e. The van der Waals surface area contributed by atoms with Crippen molar-refractivity contribution in [1.82, 2.24) is 10.3 Å². The number of pyridine rings is 1. The van der Waals surface area contributed by atoms with Crippen molar-refractivity contribution in [2.75, 3.05) is 7.11 Å². The molecule has 0 unspecified atom stereocenters. The molecule has 2 aromatic heterocycles. The SMILES string of the molecule is COC(=O)Cc1c(C)c2cc(CNCc3ccncc3)c(O)c(C)c2oc1=O. The minimum absolute atomic E-state index is 0.0815. The lowest BCUT2D eigenvalue weighted by Crippen LogP contribution is -2.17. The molecule has 0 saturated heterocycles. The van der Waals surface area contributed by atoms with E-state index in [1.165, 1.54) is 7.11 Å². The molecule has 28 heavy (non-hydrogen) atoms. The summed E-state index contributed by atoms with van der Waals surface area (Å²) in [4.78, 5) is 27.9. The van der Waals surface area contributed by atoms with Gasteiger partial charge in [0, 0.05) is 42.0 Å². The molecule has 0 aliphatic carbocycles. The molecule has 0 bridgehead atoms. The standard InChI is InChI=1S/C21H22N2O5/c1-12-16-8-15(11-23-10-14-4-6-22-7-5-14)19(25)13(2)20(16)28-21(26)17(12)9-18(24)27-3/h4-8,23,25H,9-11H2,1-3H3. The zero-order valence-electron chi connectivity index (χ0n) is 16.0. The monoisotopic (exact) mass is 382 g/mol. The Hall–Kier alpha value is -3.19. The van der Waals surface area contributed by atoms with Gasteiger partial charge in [0.2, 0.25) is 0 Å². The number of methoxy groups -OCH3 is 1. The molecule has 0 radical (unpaired) electrons. The van der Waals surface area contributed by atoms with E-state index in [4.69, 9.17) is 4.42 Å². The van der Waals surface area contributed by atoms with E-state index in [0.29, 0.717) is 40.7 Å². The van der Waals surface area contributed by atoms with Crippen molar-refractivity contribution in [3.63, 3.8) is 0 Å². The predicted octanol–water partition coefficient (Wildman–Crippen LogP) is 2.52. The number of aromatic nitrogens is 1. The lowest BCUT2D eigenvalue weighted by molar-refractivity contribution is -0.139. The Morgan fingerprint density at radius 1 is 1.21 bits per heavy atom. The van der Waals surface area contributed by atoms with E-state index in [1.54, 1.807) is 32.3 Å². The number of hydrogen-bond acceptors (Lipinski definition) is 7. The van der Waals surface area contributed by atoms with Gasteiger partial charge in [0.25, 0.3) is 0 Å². The number of rotatable bonds is 6. The lowest BCUT2D eigenvalue weighted by Gasteiger charge is -2.14. The molecule has 7 nitrogen and oxygen atoms in total. The molecule has 0 spiro atoms. The number of esters is 1. The highest BCUT2D eigenvalue weighted by Crippen LogP contribution is 2.32. The van der Waals surface area contributed by atoms with Crippen molar-refractivity contribution in [1.29, 1.82) is 0 Å². The van der Waals surface area contributed by atoms with Gasteiger partial charge >= 0.3 is 11.6 Å². The van der Waals surface area contributed by atoms with Crippen molar-refractivity contribution in [3.8, 4) is 5.75 Å². The van der Waals surface area contributed by atoms with E-state index in [1.807, 2.05) is 12.1 Å². The molecule has 0 amide bonds. The number of nitrogens with zero attached hydrogens (tertiary/aromatic N) is 1. The van der Waals surface area contributed by atoms with Crippen molar-refractivity contribution in [2.24, 2.45) is 0 Å². The Kier molecular flexibility index (Phi) is 5.75. The van der Waals surface area contributed by atoms with Crippen LogP contribution in [0.15, 0.2) is 39.8 Å². The molecule has 3 rings (SSSR count).